The third-order valence-electron chi connectivity index (χ3n) is 5.26. The molecule has 0 saturated heterocycles. The summed E-state index contributed by atoms with van der Waals surface area (Å²) in [6.07, 6.45) is 6.35. The van der Waals surface area contributed by atoms with Crippen LogP contribution in [0, 0.1) is 24.2 Å². The molecule has 1 saturated carbocycles. The summed E-state index contributed by atoms with van der Waals surface area (Å²) in [5, 5.41) is 39.0. The minimum absolute atomic E-state index is 0.0181. The average molecular weight is 419 g/mol. The van der Waals surface area contributed by atoms with Crippen molar-refractivity contribution in [3.8, 4) is 17.3 Å². The highest BCUT2D eigenvalue weighted by Crippen LogP contribution is 2.33. The molecular weight excluding hydrogens is 394 g/mol. The SMILES string of the molecule is Cc1cnc(Nc2cnn(CCO)c2)nc1-c1ccc(C(O)N[C@H](C#N)C2CC2)cc1. The van der Waals surface area contributed by atoms with Gasteiger partial charge >= 0.3 is 0 Å². The van der Waals surface area contributed by atoms with Gasteiger partial charge in [-0.2, -0.15) is 10.4 Å². The van der Waals surface area contributed by atoms with Crippen LogP contribution in [-0.4, -0.2) is 42.6 Å². The third-order valence-corrected chi connectivity index (χ3v) is 5.26. The highest BCUT2D eigenvalue weighted by atomic mass is 16.3. The molecule has 0 bridgehead atoms. The largest absolute Gasteiger partial charge is 0.394 e. The zero-order valence-corrected chi connectivity index (χ0v) is 17.2. The van der Waals surface area contributed by atoms with E-state index < -0.39 is 6.23 Å². The standard InChI is InChI=1S/C22H25N7O2/c1-14-11-24-22(26-18-12-25-29(13-18)8-9-30)28-20(14)16-4-6-17(7-5-16)21(31)27-19(10-23)15-2-3-15/h4-7,11-13,15,19,21,27,30-31H,2-3,8-9H2,1H3,(H,24,26,28)/t19-,21?/m1/s1. The number of benzene rings is 1. The van der Waals surface area contributed by atoms with Gasteiger partial charge in [0.05, 0.1) is 36.8 Å². The summed E-state index contributed by atoms with van der Waals surface area (Å²) in [4.78, 5) is 8.97. The van der Waals surface area contributed by atoms with Crippen molar-refractivity contribution in [2.75, 3.05) is 11.9 Å². The lowest BCUT2D eigenvalue weighted by atomic mass is 10.0. The maximum absolute atomic E-state index is 10.4. The molecule has 2 heterocycles. The fourth-order valence-electron chi connectivity index (χ4n) is 3.37. The number of aryl methyl sites for hydroxylation is 1. The van der Waals surface area contributed by atoms with Gasteiger partial charge in [-0.05, 0) is 36.8 Å². The van der Waals surface area contributed by atoms with Gasteiger partial charge in [0.2, 0.25) is 5.95 Å². The molecule has 4 rings (SSSR count). The van der Waals surface area contributed by atoms with E-state index in [-0.39, 0.29) is 12.6 Å². The lowest BCUT2D eigenvalue weighted by molar-refractivity contribution is 0.128. The van der Waals surface area contributed by atoms with Crippen LogP contribution >= 0.6 is 0 Å². The molecule has 3 aromatic rings. The number of aromatic nitrogens is 4. The van der Waals surface area contributed by atoms with Gasteiger partial charge in [-0.25, -0.2) is 9.97 Å². The Bertz CT molecular complexity index is 1070. The number of nitriles is 1. The first-order valence-corrected chi connectivity index (χ1v) is 10.3. The monoisotopic (exact) mass is 419 g/mol. The molecule has 2 atom stereocenters. The maximum atomic E-state index is 10.4. The predicted octanol–water partition coefficient (Wildman–Crippen LogP) is 2.27. The summed E-state index contributed by atoms with van der Waals surface area (Å²) in [5.41, 5.74) is 4.03. The highest BCUT2D eigenvalue weighted by Gasteiger charge is 2.32. The number of nitrogens with one attached hydrogen (secondary N) is 2. The molecule has 1 aromatic carbocycles. The van der Waals surface area contributed by atoms with E-state index in [0.29, 0.717) is 24.0 Å². The Kier molecular flexibility index (Phi) is 6.23. The summed E-state index contributed by atoms with van der Waals surface area (Å²) in [5.74, 6) is 0.778. The second kappa shape index (κ2) is 9.22. The molecule has 9 heteroatoms. The molecular formula is C22H25N7O2. The van der Waals surface area contributed by atoms with Crippen LogP contribution in [0.4, 0.5) is 11.6 Å². The average Bonchev–Trinajstić information content (AvgIpc) is 3.54. The van der Waals surface area contributed by atoms with E-state index >= 15 is 0 Å². The van der Waals surface area contributed by atoms with E-state index in [2.05, 4.69) is 31.8 Å². The van der Waals surface area contributed by atoms with E-state index in [0.717, 1.165) is 35.3 Å². The van der Waals surface area contributed by atoms with E-state index in [9.17, 15) is 10.4 Å². The van der Waals surface area contributed by atoms with Crippen molar-refractivity contribution in [1.82, 2.24) is 25.1 Å². The van der Waals surface area contributed by atoms with Gasteiger partial charge in [-0.3, -0.25) is 10.00 Å². The van der Waals surface area contributed by atoms with Crippen molar-refractivity contribution in [3.05, 3.63) is 54.0 Å². The number of aliphatic hydroxyl groups is 2. The van der Waals surface area contributed by atoms with Gasteiger partial charge in [0.15, 0.2) is 0 Å². The van der Waals surface area contributed by atoms with Gasteiger partial charge < -0.3 is 15.5 Å². The summed E-state index contributed by atoms with van der Waals surface area (Å²) in [6.45, 7) is 2.38. The number of hydrogen-bond acceptors (Lipinski definition) is 8. The Labute approximate surface area is 180 Å². The van der Waals surface area contributed by atoms with Crippen LogP contribution in [0.3, 0.4) is 0 Å². The quantitative estimate of drug-likeness (QED) is 0.388. The molecule has 1 unspecified atom stereocenters. The molecule has 0 spiro atoms. The Morgan fingerprint density at radius 2 is 2.03 bits per heavy atom. The summed E-state index contributed by atoms with van der Waals surface area (Å²) < 4.78 is 1.63. The highest BCUT2D eigenvalue weighted by molar-refractivity contribution is 5.65. The predicted molar refractivity (Wildman–Crippen MR) is 115 cm³/mol. The van der Waals surface area contributed by atoms with Crippen LogP contribution < -0.4 is 10.6 Å². The van der Waals surface area contributed by atoms with Crippen molar-refractivity contribution in [1.29, 1.82) is 5.26 Å². The molecule has 31 heavy (non-hydrogen) atoms. The Morgan fingerprint density at radius 3 is 2.71 bits per heavy atom. The van der Waals surface area contributed by atoms with Crippen molar-refractivity contribution in [3.63, 3.8) is 0 Å². The summed E-state index contributed by atoms with van der Waals surface area (Å²) >= 11 is 0. The summed E-state index contributed by atoms with van der Waals surface area (Å²) in [7, 11) is 0. The molecule has 4 N–H and O–H groups in total. The molecule has 2 aromatic heterocycles. The molecule has 1 aliphatic carbocycles. The van der Waals surface area contributed by atoms with Crippen LogP contribution in [0.15, 0.2) is 42.9 Å². The van der Waals surface area contributed by atoms with E-state index in [1.54, 1.807) is 23.3 Å². The second-order valence-electron chi connectivity index (χ2n) is 7.70. The number of anilines is 2. The molecule has 0 amide bonds. The van der Waals surface area contributed by atoms with E-state index in [1.807, 2.05) is 31.2 Å². The van der Waals surface area contributed by atoms with Crippen molar-refractivity contribution in [2.24, 2.45) is 5.92 Å². The smallest absolute Gasteiger partial charge is 0.227 e. The molecule has 1 fully saturated rings. The van der Waals surface area contributed by atoms with Crippen LogP contribution in [0.5, 0.6) is 0 Å². The van der Waals surface area contributed by atoms with Crippen molar-refractivity contribution in [2.45, 2.75) is 38.6 Å². The Balaban J connectivity index is 1.48. The normalized spacial score (nSPS) is 15.3. The van der Waals surface area contributed by atoms with Gasteiger partial charge in [0.1, 0.15) is 12.3 Å². The molecule has 1 aliphatic rings. The maximum Gasteiger partial charge on any atom is 0.227 e. The number of hydrogen-bond donors (Lipinski definition) is 4. The first kappa shape index (κ1) is 20.9. The zero-order chi connectivity index (χ0) is 21.8. The van der Waals surface area contributed by atoms with Crippen LogP contribution in [0.2, 0.25) is 0 Å². The Hall–Kier alpha value is -3.32. The topological polar surface area (TPSA) is 132 Å². The van der Waals surface area contributed by atoms with Gasteiger partial charge in [-0.1, -0.05) is 24.3 Å². The summed E-state index contributed by atoms with van der Waals surface area (Å²) in [6, 6.07) is 9.38. The zero-order valence-electron chi connectivity index (χ0n) is 17.2. The lowest BCUT2D eigenvalue weighted by Gasteiger charge is -2.17. The fraction of sp³-hybridized carbons (Fsp3) is 0.364. The number of nitrogens with zero attached hydrogens (tertiary/aromatic N) is 5. The molecule has 0 aliphatic heterocycles. The second-order valence-corrected chi connectivity index (χ2v) is 7.70. The lowest BCUT2D eigenvalue weighted by Crippen LogP contribution is -2.33. The fourth-order valence-corrected chi connectivity index (χ4v) is 3.37. The van der Waals surface area contributed by atoms with E-state index in [1.165, 1.54) is 0 Å². The van der Waals surface area contributed by atoms with Crippen LogP contribution in [0.1, 0.15) is 30.2 Å². The minimum atomic E-state index is -0.890. The van der Waals surface area contributed by atoms with Crippen LogP contribution in [0.25, 0.3) is 11.3 Å². The van der Waals surface area contributed by atoms with E-state index in [4.69, 9.17) is 5.11 Å². The van der Waals surface area contributed by atoms with Crippen molar-refractivity contribution >= 4 is 11.6 Å². The third kappa shape index (κ3) is 5.06. The number of rotatable bonds is 9. The minimum Gasteiger partial charge on any atom is -0.394 e. The molecule has 9 nitrogen and oxygen atoms in total. The first-order chi connectivity index (χ1) is 15.1. The van der Waals surface area contributed by atoms with Gasteiger partial charge in [0, 0.05) is 18.0 Å². The molecule has 160 valence electrons. The number of aliphatic hydroxyl groups excluding tert-OH is 2. The molecule has 0 radical (unpaired) electrons. The van der Waals surface area contributed by atoms with Crippen molar-refractivity contribution < 1.29 is 10.2 Å². The van der Waals surface area contributed by atoms with Crippen LogP contribution in [-0.2, 0) is 6.54 Å². The van der Waals surface area contributed by atoms with Gasteiger partial charge in [-0.15, -0.1) is 0 Å². The van der Waals surface area contributed by atoms with Gasteiger partial charge in [0.25, 0.3) is 0 Å². The Morgan fingerprint density at radius 1 is 1.26 bits per heavy atom. The first-order valence-electron chi connectivity index (χ1n) is 10.3.